The first-order chi connectivity index (χ1) is 20.2. The number of benzene rings is 2. The molecule has 9 heteroatoms. The van der Waals surface area contributed by atoms with E-state index >= 15 is 0 Å². The number of hydrogen-bond acceptors (Lipinski definition) is 6. The molecule has 2 bridgehead atoms. The predicted molar refractivity (Wildman–Crippen MR) is 163 cm³/mol. The maximum Gasteiger partial charge on any atom is 0.250 e. The Morgan fingerprint density at radius 2 is 1.62 bits per heavy atom. The van der Waals surface area contributed by atoms with Gasteiger partial charge in [0.25, 0.3) is 0 Å². The Hall–Kier alpha value is -3.43. The van der Waals surface area contributed by atoms with Crippen LogP contribution in [0.4, 0.5) is 17.1 Å². The van der Waals surface area contributed by atoms with Crippen LogP contribution >= 0.6 is 0 Å². The Morgan fingerprint density at radius 1 is 0.976 bits per heavy atom. The molecule has 3 fully saturated rings. The number of nitrogens with one attached hydrogen (secondary N) is 2. The summed E-state index contributed by atoms with van der Waals surface area (Å²) in [5.41, 5.74) is 0.390. The molecule has 3 unspecified atom stereocenters. The van der Waals surface area contributed by atoms with Crippen molar-refractivity contribution in [2.75, 3.05) is 41.8 Å². The fraction of sp³-hybridized carbons (Fsp3) is 0.545. The van der Waals surface area contributed by atoms with E-state index in [2.05, 4.69) is 29.4 Å². The van der Waals surface area contributed by atoms with Gasteiger partial charge in [0.2, 0.25) is 17.7 Å². The second-order valence-corrected chi connectivity index (χ2v) is 12.1. The molecule has 2 aromatic carbocycles. The van der Waals surface area contributed by atoms with Crippen molar-refractivity contribution in [3.05, 3.63) is 54.6 Å². The lowest BCUT2D eigenvalue weighted by Crippen LogP contribution is -2.54. The van der Waals surface area contributed by atoms with E-state index in [9.17, 15) is 19.5 Å². The van der Waals surface area contributed by atoms with E-state index in [1.54, 1.807) is 4.90 Å². The number of ether oxygens (including phenoxy) is 1. The molecule has 3 aliphatic rings. The lowest BCUT2D eigenvalue weighted by molar-refractivity contribution is -0.144. The molecule has 3 saturated heterocycles. The number of unbranched alkanes of at least 4 members (excludes halogenated alkanes) is 2. The Labute approximate surface area is 248 Å². The van der Waals surface area contributed by atoms with E-state index in [0.29, 0.717) is 37.2 Å². The van der Waals surface area contributed by atoms with Crippen LogP contribution in [0.1, 0.15) is 53.4 Å². The minimum absolute atomic E-state index is 0.0360. The van der Waals surface area contributed by atoms with E-state index in [1.807, 2.05) is 68.4 Å². The maximum atomic E-state index is 14.2. The number of likely N-dealkylation sites (tertiary alicyclic amines) is 1. The zero-order valence-corrected chi connectivity index (χ0v) is 25.1. The number of hydrogen-bond donors (Lipinski definition) is 3. The molecule has 9 nitrogen and oxygen atoms in total. The van der Waals surface area contributed by atoms with Crippen molar-refractivity contribution in [3.8, 4) is 0 Å². The summed E-state index contributed by atoms with van der Waals surface area (Å²) in [6, 6.07) is 16.1. The molecule has 6 atom stereocenters. The van der Waals surface area contributed by atoms with Crippen molar-refractivity contribution in [3.63, 3.8) is 0 Å². The van der Waals surface area contributed by atoms with Crippen LogP contribution in [0.3, 0.4) is 0 Å². The number of fused-ring (bicyclic) bond motifs is 1. The quantitative estimate of drug-likeness (QED) is 0.325. The van der Waals surface area contributed by atoms with Crippen molar-refractivity contribution in [2.24, 2.45) is 17.8 Å². The third-order valence-electron chi connectivity index (χ3n) is 9.71. The molecule has 0 radical (unpaired) electrons. The summed E-state index contributed by atoms with van der Waals surface area (Å²) in [4.78, 5) is 46.1. The number of amides is 3. The highest BCUT2D eigenvalue weighted by atomic mass is 16.5. The van der Waals surface area contributed by atoms with Gasteiger partial charge in [-0.25, -0.2) is 0 Å². The molecule has 3 heterocycles. The van der Waals surface area contributed by atoms with Crippen LogP contribution in [-0.4, -0.2) is 71.2 Å². The average molecular weight is 577 g/mol. The third kappa shape index (κ3) is 5.07. The van der Waals surface area contributed by atoms with Crippen LogP contribution in [0.15, 0.2) is 54.6 Å². The van der Waals surface area contributed by atoms with Gasteiger partial charge in [-0.3, -0.25) is 14.4 Å². The van der Waals surface area contributed by atoms with Gasteiger partial charge in [0.15, 0.2) is 0 Å². The molecule has 42 heavy (non-hydrogen) atoms. The van der Waals surface area contributed by atoms with E-state index in [-0.39, 0.29) is 30.2 Å². The molecule has 0 saturated carbocycles. The van der Waals surface area contributed by atoms with Crippen molar-refractivity contribution in [2.45, 2.75) is 70.6 Å². The highest BCUT2D eigenvalue weighted by Gasteiger charge is 2.79. The van der Waals surface area contributed by atoms with Gasteiger partial charge < -0.3 is 30.3 Å². The van der Waals surface area contributed by atoms with Crippen LogP contribution in [-0.2, 0) is 19.1 Å². The Balaban J connectivity index is 1.46. The van der Waals surface area contributed by atoms with E-state index in [0.717, 1.165) is 25.2 Å². The standard InChI is InChI=1S/C33H44N4O5/c1-5-36(6-2)25-17-15-24(16-18-25)35-30(40)28-33-21-22(3)32(4,42-33)26(29(39)34-23-13-9-7-10-14-23)27(33)31(41)37(28)19-11-8-12-20-38/h7,9-10,13-18,22,26-28,38H,5-6,8,11-12,19-21H2,1-4H3,(H,34,39)(H,35,40)/t22?,26-,27-,28?,32+,33?/m0/s1. The number of nitrogens with zero attached hydrogens (tertiary/aromatic N) is 2. The second kappa shape index (κ2) is 12.1. The molecule has 0 aromatic heterocycles. The SMILES string of the molecule is CCN(CC)c1ccc(NC(=O)C2N(CCCCCO)C(=O)[C@@H]3[C@@H](C(=O)Nc4ccccc4)[C@]4(C)OC23CC4C)cc1. The summed E-state index contributed by atoms with van der Waals surface area (Å²) < 4.78 is 6.80. The fourth-order valence-corrected chi connectivity index (χ4v) is 7.55. The number of carbonyl (C=O) groups excluding carboxylic acids is 3. The van der Waals surface area contributed by atoms with E-state index in [4.69, 9.17) is 4.74 Å². The second-order valence-electron chi connectivity index (χ2n) is 12.1. The van der Waals surface area contributed by atoms with Crippen molar-refractivity contribution in [1.82, 2.24) is 4.90 Å². The normalized spacial score (nSPS) is 29.5. The number of anilines is 3. The Bertz CT molecular complexity index is 1280. The summed E-state index contributed by atoms with van der Waals surface area (Å²) in [6.07, 6.45) is 2.51. The molecular weight excluding hydrogens is 532 g/mol. The minimum atomic E-state index is -1.10. The summed E-state index contributed by atoms with van der Waals surface area (Å²) >= 11 is 0. The molecule has 2 aromatic rings. The van der Waals surface area contributed by atoms with Crippen LogP contribution in [0.2, 0.25) is 0 Å². The largest absolute Gasteiger partial charge is 0.396 e. The molecular formula is C33H44N4O5. The van der Waals surface area contributed by atoms with E-state index in [1.165, 1.54) is 0 Å². The van der Waals surface area contributed by atoms with Gasteiger partial charge in [-0.15, -0.1) is 0 Å². The smallest absolute Gasteiger partial charge is 0.250 e. The maximum absolute atomic E-state index is 14.2. The number of carbonyl (C=O) groups is 3. The van der Waals surface area contributed by atoms with Gasteiger partial charge >= 0.3 is 0 Å². The summed E-state index contributed by atoms with van der Waals surface area (Å²) in [7, 11) is 0. The Morgan fingerprint density at radius 3 is 2.26 bits per heavy atom. The zero-order valence-electron chi connectivity index (χ0n) is 25.1. The van der Waals surface area contributed by atoms with Crippen LogP contribution in [0.5, 0.6) is 0 Å². The number of rotatable bonds is 12. The number of aliphatic hydroxyl groups is 1. The molecule has 3 amide bonds. The molecule has 0 aliphatic carbocycles. The van der Waals surface area contributed by atoms with Gasteiger partial charge in [-0.05, 0) is 88.8 Å². The predicted octanol–water partition coefficient (Wildman–Crippen LogP) is 4.28. The van der Waals surface area contributed by atoms with Gasteiger partial charge in [0, 0.05) is 43.3 Å². The third-order valence-corrected chi connectivity index (χ3v) is 9.71. The Kier molecular flexibility index (Phi) is 8.62. The van der Waals surface area contributed by atoms with Gasteiger partial charge in [0.1, 0.15) is 11.6 Å². The molecule has 3 aliphatic heterocycles. The summed E-state index contributed by atoms with van der Waals surface area (Å²) in [5, 5.41) is 15.4. The topological polar surface area (TPSA) is 111 Å². The molecule has 1 spiro atoms. The first kappa shape index (κ1) is 30.0. The lowest BCUT2D eigenvalue weighted by atomic mass is 9.62. The highest BCUT2D eigenvalue weighted by molar-refractivity contribution is 6.05. The van der Waals surface area contributed by atoms with Crippen molar-refractivity contribution >= 4 is 34.8 Å². The van der Waals surface area contributed by atoms with Crippen LogP contribution < -0.4 is 15.5 Å². The summed E-state index contributed by atoms with van der Waals surface area (Å²) in [5.74, 6) is -2.31. The lowest BCUT2D eigenvalue weighted by Gasteiger charge is -2.36. The first-order valence-corrected chi connectivity index (χ1v) is 15.3. The van der Waals surface area contributed by atoms with Crippen LogP contribution in [0.25, 0.3) is 0 Å². The molecule has 226 valence electrons. The average Bonchev–Trinajstić information content (AvgIpc) is 3.49. The van der Waals surface area contributed by atoms with Crippen molar-refractivity contribution < 1.29 is 24.2 Å². The minimum Gasteiger partial charge on any atom is -0.396 e. The van der Waals surface area contributed by atoms with Crippen LogP contribution in [0, 0.1) is 17.8 Å². The number of aliphatic hydroxyl groups excluding tert-OH is 1. The number of para-hydroxylation sites is 1. The van der Waals surface area contributed by atoms with Gasteiger partial charge in [-0.1, -0.05) is 25.1 Å². The van der Waals surface area contributed by atoms with Gasteiger partial charge in [0.05, 0.1) is 17.4 Å². The highest BCUT2D eigenvalue weighted by Crippen LogP contribution is 2.65. The first-order valence-electron chi connectivity index (χ1n) is 15.3. The monoisotopic (exact) mass is 576 g/mol. The molecule has 3 N–H and O–H groups in total. The van der Waals surface area contributed by atoms with E-state index < -0.39 is 29.1 Å². The zero-order chi connectivity index (χ0) is 30.1. The van der Waals surface area contributed by atoms with Crippen molar-refractivity contribution in [1.29, 1.82) is 0 Å². The molecule has 5 rings (SSSR count). The summed E-state index contributed by atoms with van der Waals surface area (Å²) in [6.45, 7) is 10.4. The fourth-order valence-electron chi connectivity index (χ4n) is 7.55. The van der Waals surface area contributed by atoms with Gasteiger partial charge in [-0.2, -0.15) is 0 Å².